The maximum Gasteiger partial charge on any atom is 0.193 e. The van der Waals surface area contributed by atoms with Crippen molar-refractivity contribution in [3.8, 4) is 17.2 Å². The fourth-order valence-electron chi connectivity index (χ4n) is 2.93. The second-order valence-electron chi connectivity index (χ2n) is 6.55. The van der Waals surface area contributed by atoms with Gasteiger partial charge in [-0.1, -0.05) is 54.6 Å². The SMILES string of the molecule is C=CCCNCc1ccc(-c2ccc(C(=O)c3ccc(C#N)cc3)cc2)cc1.Cl. The number of hydrogen-bond acceptors (Lipinski definition) is 3. The van der Waals surface area contributed by atoms with E-state index in [2.05, 4.69) is 42.2 Å². The van der Waals surface area contributed by atoms with Gasteiger partial charge in [0.25, 0.3) is 0 Å². The van der Waals surface area contributed by atoms with Gasteiger partial charge in [0.2, 0.25) is 0 Å². The summed E-state index contributed by atoms with van der Waals surface area (Å²) in [6, 6.07) is 24.8. The lowest BCUT2D eigenvalue weighted by Gasteiger charge is -2.07. The average Bonchev–Trinajstić information content (AvgIpc) is 2.77. The number of halogens is 1. The highest BCUT2D eigenvalue weighted by Crippen LogP contribution is 2.21. The molecular formula is C25H23ClN2O. The van der Waals surface area contributed by atoms with E-state index in [9.17, 15) is 4.79 Å². The van der Waals surface area contributed by atoms with E-state index >= 15 is 0 Å². The molecule has 3 nitrogen and oxygen atoms in total. The molecule has 0 amide bonds. The van der Waals surface area contributed by atoms with Crippen LogP contribution in [0, 0.1) is 11.3 Å². The van der Waals surface area contributed by atoms with E-state index in [0.717, 1.165) is 30.6 Å². The number of nitriles is 1. The summed E-state index contributed by atoms with van der Waals surface area (Å²) in [5, 5.41) is 12.2. The van der Waals surface area contributed by atoms with E-state index in [4.69, 9.17) is 5.26 Å². The van der Waals surface area contributed by atoms with E-state index in [1.54, 1.807) is 24.3 Å². The predicted octanol–water partition coefficient (Wildman–Crippen LogP) is 5.54. The number of carbonyl (C=O) groups is 1. The molecule has 0 aromatic heterocycles. The van der Waals surface area contributed by atoms with Gasteiger partial charge in [-0.15, -0.1) is 19.0 Å². The summed E-state index contributed by atoms with van der Waals surface area (Å²) in [5.41, 5.74) is 5.19. The minimum absolute atomic E-state index is 0. The molecule has 0 atom stereocenters. The van der Waals surface area contributed by atoms with Crippen molar-refractivity contribution in [3.05, 3.63) is 108 Å². The van der Waals surface area contributed by atoms with Gasteiger partial charge in [0.1, 0.15) is 0 Å². The Kier molecular flexibility index (Phi) is 8.36. The Hall–Kier alpha value is -3.19. The normalized spacial score (nSPS) is 9.90. The summed E-state index contributed by atoms with van der Waals surface area (Å²) >= 11 is 0. The van der Waals surface area contributed by atoms with Crippen LogP contribution in [0.3, 0.4) is 0 Å². The molecule has 0 spiro atoms. The first-order valence-electron chi connectivity index (χ1n) is 9.27. The van der Waals surface area contributed by atoms with Crippen LogP contribution in [0.4, 0.5) is 0 Å². The smallest absolute Gasteiger partial charge is 0.193 e. The molecule has 3 aromatic rings. The molecule has 0 fully saturated rings. The van der Waals surface area contributed by atoms with Crippen molar-refractivity contribution < 1.29 is 4.79 Å². The van der Waals surface area contributed by atoms with Crippen LogP contribution in [-0.2, 0) is 6.54 Å². The first-order valence-corrected chi connectivity index (χ1v) is 9.27. The standard InChI is InChI=1S/C25H22N2O.ClH/c1-2-3-16-27-18-20-6-8-21(9-7-20)22-12-14-24(15-13-22)25(28)23-10-4-19(17-26)5-11-23;/h2,4-15,27H,1,3,16,18H2;1H. The van der Waals surface area contributed by atoms with Crippen LogP contribution in [-0.4, -0.2) is 12.3 Å². The minimum Gasteiger partial charge on any atom is -0.312 e. The largest absolute Gasteiger partial charge is 0.312 e. The zero-order chi connectivity index (χ0) is 19.8. The third-order valence-corrected chi connectivity index (χ3v) is 4.56. The number of ketones is 1. The van der Waals surface area contributed by atoms with Crippen LogP contribution >= 0.6 is 12.4 Å². The average molecular weight is 403 g/mol. The van der Waals surface area contributed by atoms with Crippen molar-refractivity contribution in [1.29, 1.82) is 5.26 Å². The van der Waals surface area contributed by atoms with Crippen molar-refractivity contribution in [1.82, 2.24) is 5.32 Å². The molecule has 0 saturated carbocycles. The second kappa shape index (κ2) is 11.0. The lowest BCUT2D eigenvalue weighted by Crippen LogP contribution is -2.13. The molecule has 146 valence electrons. The number of carbonyl (C=O) groups excluding carboxylic acids is 1. The summed E-state index contributed by atoms with van der Waals surface area (Å²) in [7, 11) is 0. The molecule has 3 rings (SSSR count). The Morgan fingerprint density at radius 1 is 0.897 bits per heavy atom. The van der Waals surface area contributed by atoms with Crippen molar-refractivity contribution in [3.63, 3.8) is 0 Å². The highest BCUT2D eigenvalue weighted by Gasteiger charge is 2.09. The fourth-order valence-corrected chi connectivity index (χ4v) is 2.93. The van der Waals surface area contributed by atoms with Gasteiger partial charge in [-0.2, -0.15) is 5.26 Å². The molecule has 0 radical (unpaired) electrons. The Bertz CT molecular complexity index is 985. The first kappa shape index (κ1) is 22.1. The van der Waals surface area contributed by atoms with Gasteiger partial charge in [-0.3, -0.25) is 4.79 Å². The van der Waals surface area contributed by atoms with Crippen LogP contribution in [0.1, 0.15) is 33.5 Å². The highest BCUT2D eigenvalue weighted by molar-refractivity contribution is 6.09. The molecule has 0 bridgehead atoms. The molecule has 0 aliphatic carbocycles. The molecular weight excluding hydrogens is 380 g/mol. The van der Waals surface area contributed by atoms with Crippen LogP contribution in [0.2, 0.25) is 0 Å². The maximum atomic E-state index is 12.6. The number of nitrogens with zero attached hydrogens (tertiary/aromatic N) is 1. The van der Waals surface area contributed by atoms with Crippen LogP contribution < -0.4 is 5.32 Å². The van der Waals surface area contributed by atoms with Crippen LogP contribution in [0.25, 0.3) is 11.1 Å². The lowest BCUT2D eigenvalue weighted by molar-refractivity contribution is 0.103. The highest BCUT2D eigenvalue weighted by atomic mass is 35.5. The second-order valence-corrected chi connectivity index (χ2v) is 6.55. The van der Waals surface area contributed by atoms with Gasteiger partial charge in [0.05, 0.1) is 11.6 Å². The Morgan fingerprint density at radius 2 is 1.41 bits per heavy atom. The molecule has 0 aliphatic rings. The van der Waals surface area contributed by atoms with Crippen LogP contribution in [0.15, 0.2) is 85.5 Å². The number of benzene rings is 3. The fraction of sp³-hybridized carbons (Fsp3) is 0.120. The number of rotatable bonds is 8. The van der Waals surface area contributed by atoms with Gasteiger partial charge < -0.3 is 5.32 Å². The quantitative estimate of drug-likeness (QED) is 0.305. The predicted molar refractivity (Wildman–Crippen MR) is 120 cm³/mol. The summed E-state index contributed by atoms with van der Waals surface area (Å²) in [6.07, 6.45) is 2.87. The number of nitrogens with one attached hydrogen (secondary N) is 1. The topological polar surface area (TPSA) is 52.9 Å². The zero-order valence-electron chi connectivity index (χ0n) is 16.1. The molecule has 29 heavy (non-hydrogen) atoms. The van der Waals surface area contributed by atoms with E-state index in [-0.39, 0.29) is 18.2 Å². The van der Waals surface area contributed by atoms with E-state index < -0.39 is 0 Å². The molecule has 1 N–H and O–H groups in total. The van der Waals surface area contributed by atoms with E-state index in [1.165, 1.54) is 5.56 Å². The third kappa shape index (κ3) is 5.89. The monoisotopic (exact) mass is 402 g/mol. The van der Waals surface area contributed by atoms with Gasteiger partial charge >= 0.3 is 0 Å². The van der Waals surface area contributed by atoms with Crippen molar-refractivity contribution >= 4 is 18.2 Å². The van der Waals surface area contributed by atoms with Gasteiger partial charge in [-0.05, 0) is 53.9 Å². The summed E-state index contributed by atoms with van der Waals surface area (Å²) in [6.45, 7) is 5.49. The van der Waals surface area contributed by atoms with Crippen molar-refractivity contribution in [2.24, 2.45) is 0 Å². The van der Waals surface area contributed by atoms with Gasteiger partial charge in [-0.25, -0.2) is 0 Å². The summed E-state index contributed by atoms with van der Waals surface area (Å²) in [4.78, 5) is 12.6. The minimum atomic E-state index is -0.0445. The van der Waals surface area contributed by atoms with E-state index in [0.29, 0.717) is 16.7 Å². The Morgan fingerprint density at radius 3 is 1.93 bits per heavy atom. The summed E-state index contributed by atoms with van der Waals surface area (Å²) in [5.74, 6) is -0.0445. The van der Waals surface area contributed by atoms with Gasteiger partial charge in [0.15, 0.2) is 5.78 Å². The molecule has 0 aliphatic heterocycles. The molecule has 4 heteroatoms. The Labute approximate surface area is 178 Å². The molecule has 0 saturated heterocycles. The summed E-state index contributed by atoms with van der Waals surface area (Å²) < 4.78 is 0. The Balaban J connectivity index is 0.00000300. The van der Waals surface area contributed by atoms with Crippen molar-refractivity contribution in [2.75, 3.05) is 6.54 Å². The first-order chi connectivity index (χ1) is 13.7. The van der Waals surface area contributed by atoms with Crippen molar-refractivity contribution in [2.45, 2.75) is 13.0 Å². The maximum absolute atomic E-state index is 12.6. The lowest BCUT2D eigenvalue weighted by atomic mass is 9.98. The number of hydrogen-bond donors (Lipinski definition) is 1. The molecule has 3 aromatic carbocycles. The van der Waals surface area contributed by atoms with Crippen LogP contribution in [0.5, 0.6) is 0 Å². The molecule has 0 heterocycles. The zero-order valence-corrected chi connectivity index (χ0v) is 16.9. The molecule has 0 unspecified atom stereocenters. The van der Waals surface area contributed by atoms with E-state index in [1.807, 2.05) is 30.3 Å². The third-order valence-electron chi connectivity index (χ3n) is 4.56. The van der Waals surface area contributed by atoms with Gasteiger partial charge in [0, 0.05) is 17.7 Å².